The predicted octanol–water partition coefficient (Wildman–Crippen LogP) is 1.47. The van der Waals surface area contributed by atoms with Crippen molar-refractivity contribution in [3.8, 4) is 5.75 Å². The second-order valence-electron chi connectivity index (χ2n) is 5.71. The van der Waals surface area contributed by atoms with Crippen LogP contribution in [-0.4, -0.2) is 49.4 Å². The van der Waals surface area contributed by atoms with E-state index < -0.39 is 16.1 Å². The third-order valence-electron chi connectivity index (χ3n) is 4.00. The van der Waals surface area contributed by atoms with Gasteiger partial charge in [-0.05, 0) is 43.5 Å². The van der Waals surface area contributed by atoms with Crippen LogP contribution in [0.3, 0.4) is 0 Å². The van der Waals surface area contributed by atoms with Gasteiger partial charge in [0.15, 0.2) is 0 Å². The Morgan fingerprint density at radius 2 is 1.86 bits per heavy atom. The summed E-state index contributed by atoms with van der Waals surface area (Å²) >= 11 is 0. The Kier molecular flexibility index (Phi) is 4.91. The molecule has 0 radical (unpaired) electrons. The lowest BCUT2D eigenvalue weighted by Gasteiger charge is -2.22. The maximum atomic E-state index is 11.6. The number of rotatable bonds is 3. The topological polar surface area (TPSA) is 66.8 Å². The molecule has 1 aliphatic rings. The zero-order valence-electron chi connectivity index (χ0n) is 12.7. The lowest BCUT2D eigenvalue weighted by molar-refractivity contribution is 0.0350. The molecular formula is C15H23NO4S. The van der Waals surface area contributed by atoms with Crippen LogP contribution in [0.5, 0.6) is 5.75 Å². The van der Waals surface area contributed by atoms with Crippen LogP contribution in [0.25, 0.3) is 0 Å². The highest BCUT2D eigenvalue weighted by atomic mass is 32.2. The molecule has 1 saturated heterocycles. The van der Waals surface area contributed by atoms with E-state index in [-0.39, 0.29) is 6.10 Å². The van der Waals surface area contributed by atoms with E-state index >= 15 is 0 Å². The van der Waals surface area contributed by atoms with Crippen LogP contribution >= 0.6 is 0 Å². The molecule has 1 aliphatic heterocycles. The number of nitrogens with zero attached hydrogens (tertiary/aromatic N) is 1. The maximum Gasteiger partial charge on any atom is 0.211 e. The molecule has 1 N–H and O–H groups in total. The summed E-state index contributed by atoms with van der Waals surface area (Å²) in [5.74, 6) is 0.718. The van der Waals surface area contributed by atoms with E-state index in [1.165, 1.54) is 16.1 Å². The average molecular weight is 313 g/mol. The van der Waals surface area contributed by atoms with E-state index in [2.05, 4.69) is 0 Å². The number of hydrogen-bond donors (Lipinski definition) is 1. The van der Waals surface area contributed by atoms with E-state index in [0.717, 1.165) is 11.3 Å². The molecule has 1 heterocycles. The summed E-state index contributed by atoms with van der Waals surface area (Å²) in [6, 6.07) is 5.81. The number of sulfonamides is 1. The molecular weight excluding hydrogens is 290 g/mol. The van der Waals surface area contributed by atoms with Crippen molar-refractivity contribution in [1.29, 1.82) is 0 Å². The van der Waals surface area contributed by atoms with Gasteiger partial charge in [-0.2, -0.15) is 0 Å². The summed E-state index contributed by atoms with van der Waals surface area (Å²) < 4.78 is 30.5. The number of aliphatic hydroxyl groups is 1. The summed E-state index contributed by atoms with van der Waals surface area (Å²) in [5.41, 5.74) is 2.32. The van der Waals surface area contributed by atoms with Gasteiger partial charge in [-0.25, -0.2) is 12.7 Å². The van der Waals surface area contributed by atoms with Crippen LogP contribution in [0.2, 0.25) is 0 Å². The molecule has 6 heteroatoms. The van der Waals surface area contributed by atoms with Gasteiger partial charge in [-0.3, -0.25) is 0 Å². The van der Waals surface area contributed by atoms with Gasteiger partial charge in [0.1, 0.15) is 11.9 Å². The van der Waals surface area contributed by atoms with Crippen LogP contribution in [-0.2, 0) is 10.0 Å². The van der Waals surface area contributed by atoms with E-state index in [9.17, 15) is 13.5 Å². The standard InChI is InChI=1S/C15H23NO4S/c1-11-4-5-13(10-12(11)2)20-15-7-9-16(21(3,18)19)8-6-14(15)17/h4-5,10,14-15,17H,6-9H2,1-3H3/t14-,15-/m0/s1. The van der Waals surface area contributed by atoms with Crippen molar-refractivity contribution in [2.45, 2.75) is 38.9 Å². The van der Waals surface area contributed by atoms with Gasteiger partial charge in [0.05, 0.1) is 12.4 Å². The minimum Gasteiger partial charge on any atom is -0.488 e. The molecule has 0 bridgehead atoms. The maximum absolute atomic E-state index is 11.6. The molecule has 1 fully saturated rings. The Hall–Kier alpha value is -1.11. The molecule has 5 nitrogen and oxygen atoms in total. The number of benzene rings is 1. The first-order valence-corrected chi connectivity index (χ1v) is 8.99. The lowest BCUT2D eigenvalue weighted by Crippen LogP contribution is -2.32. The number of aliphatic hydroxyl groups excluding tert-OH is 1. The Morgan fingerprint density at radius 1 is 1.19 bits per heavy atom. The summed E-state index contributed by atoms with van der Waals surface area (Å²) in [6.45, 7) is 4.76. The summed E-state index contributed by atoms with van der Waals surface area (Å²) in [5, 5.41) is 10.2. The second-order valence-corrected chi connectivity index (χ2v) is 7.69. The first kappa shape index (κ1) is 16.3. The summed E-state index contributed by atoms with van der Waals surface area (Å²) in [6.07, 6.45) is 1.05. The highest BCUT2D eigenvalue weighted by molar-refractivity contribution is 7.88. The van der Waals surface area contributed by atoms with Gasteiger partial charge in [-0.15, -0.1) is 0 Å². The molecule has 2 atom stereocenters. The minimum absolute atomic E-state index is 0.340. The normalized spacial score (nSPS) is 24.6. The minimum atomic E-state index is -3.21. The quantitative estimate of drug-likeness (QED) is 0.917. The molecule has 118 valence electrons. The molecule has 21 heavy (non-hydrogen) atoms. The van der Waals surface area contributed by atoms with E-state index in [0.29, 0.717) is 25.9 Å². The summed E-state index contributed by atoms with van der Waals surface area (Å²) in [7, 11) is -3.21. The Bertz CT molecular complexity index is 600. The smallest absolute Gasteiger partial charge is 0.211 e. The fourth-order valence-electron chi connectivity index (χ4n) is 2.47. The molecule has 0 spiro atoms. The van der Waals surface area contributed by atoms with Crippen molar-refractivity contribution in [3.63, 3.8) is 0 Å². The molecule has 0 saturated carbocycles. The third-order valence-corrected chi connectivity index (χ3v) is 5.30. The highest BCUT2D eigenvalue weighted by Crippen LogP contribution is 2.22. The third kappa shape index (κ3) is 4.18. The molecule has 0 aliphatic carbocycles. The van der Waals surface area contributed by atoms with Crippen molar-refractivity contribution in [3.05, 3.63) is 29.3 Å². The van der Waals surface area contributed by atoms with Crippen molar-refractivity contribution >= 4 is 10.0 Å². The van der Waals surface area contributed by atoms with Crippen LogP contribution in [0, 0.1) is 13.8 Å². The molecule has 0 amide bonds. The van der Waals surface area contributed by atoms with Crippen molar-refractivity contribution < 1.29 is 18.3 Å². The molecule has 0 aromatic heterocycles. The van der Waals surface area contributed by atoms with Gasteiger partial charge in [0.2, 0.25) is 10.0 Å². The fraction of sp³-hybridized carbons (Fsp3) is 0.600. The van der Waals surface area contributed by atoms with Crippen LogP contribution in [0.4, 0.5) is 0 Å². The van der Waals surface area contributed by atoms with E-state index in [1.54, 1.807) is 0 Å². The molecule has 2 rings (SSSR count). The number of hydrogen-bond acceptors (Lipinski definition) is 4. The second kappa shape index (κ2) is 6.34. The summed E-state index contributed by atoms with van der Waals surface area (Å²) in [4.78, 5) is 0. The van der Waals surface area contributed by atoms with Crippen LogP contribution < -0.4 is 4.74 Å². The van der Waals surface area contributed by atoms with E-state index in [4.69, 9.17) is 4.74 Å². The van der Waals surface area contributed by atoms with Crippen LogP contribution in [0.15, 0.2) is 18.2 Å². The van der Waals surface area contributed by atoms with Crippen molar-refractivity contribution in [2.75, 3.05) is 19.3 Å². The molecule has 1 aromatic carbocycles. The predicted molar refractivity (Wildman–Crippen MR) is 82.0 cm³/mol. The van der Waals surface area contributed by atoms with E-state index in [1.807, 2.05) is 32.0 Å². The van der Waals surface area contributed by atoms with Gasteiger partial charge >= 0.3 is 0 Å². The molecule has 0 unspecified atom stereocenters. The van der Waals surface area contributed by atoms with Gasteiger partial charge in [0.25, 0.3) is 0 Å². The Morgan fingerprint density at radius 3 is 2.48 bits per heavy atom. The van der Waals surface area contributed by atoms with Crippen LogP contribution in [0.1, 0.15) is 24.0 Å². The van der Waals surface area contributed by atoms with Gasteiger partial charge in [-0.1, -0.05) is 6.07 Å². The Labute approximate surface area is 126 Å². The van der Waals surface area contributed by atoms with Gasteiger partial charge in [0, 0.05) is 19.5 Å². The average Bonchev–Trinajstić information content (AvgIpc) is 2.57. The highest BCUT2D eigenvalue weighted by Gasteiger charge is 2.29. The largest absolute Gasteiger partial charge is 0.488 e. The zero-order chi connectivity index (χ0) is 15.6. The number of ether oxygens (including phenoxy) is 1. The Balaban J connectivity index is 2.07. The SMILES string of the molecule is Cc1ccc(O[C@H]2CCN(S(C)(=O)=O)CC[C@@H]2O)cc1C. The zero-order valence-corrected chi connectivity index (χ0v) is 13.6. The fourth-order valence-corrected chi connectivity index (χ4v) is 3.34. The first-order valence-electron chi connectivity index (χ1n) is 7.14. The van der Waals surface area contributed by atoms with Gasteiger partial charge < -0.3 is 9.84 Å². The van der Waals surface area contributed by atoms with Crippen molar-refractivity contribution in [1.82, 2.24) is 4.31 Å². The first-order chi connectivity index (χ1) is 9.77. The number of aryl methyl sites for hydroxylation is 2. The monoisotopic (exact) mass is 313 g/mol. The lowest BCUT2D eigenvalue weighted by atomic mass is 10.1. The van der Waals surface area contributed by atoms with Crippen molar-refractivity contribution in [2.24, 2.45) is 0 Å². The molecule has 1 aromatic rings.